The van der Waals surface area contributed by atoms with Crippen molar-refractivity contribution in [2.75, 3.05) is 26.7 Å². The van der Waals surface area contributed by atoms with Gasteiger partial charge in [-0.2, -0.15) is 4.31 Å². The number of halogens is 1. The van der Waals surface area contributed by atoms with Gasteiger partial charge in [0.15, 0.2) is 0 Å². The fourth-order valence-corrected chi connectivity index (χ4v) is 5.01. The van der Waals surface area contributed by atoms with E-state index in [1.165, 1.54) is 0 Å². The molecule has 0 aromatic heterocycles. The highest BCUT2D eigenvalue weighted by Gasteiger charge is 2.30. The summed E-state index contributed by atoms with van der Waals surface area (Å²) in [6.45, 7) is 2.08. The summed E-state index contributed by atoms with van der Waals surface area (Å²) in [4.78, 5) is 0.361. The van der Waals surface area contributed by atoms with Crippen LogP contribution in [-0.2, 0) is 10.0 Å². The molecule has 1 aliphatic rings. The van der Waals surface area contributed by atoms with Gasteiger partial charge in [-0.05, 0) is 60.4 Å². The van der Waals surface area contributed by atoms with Crippen LogP contribution < -0.4 is 5.32 Å². The Hall–Kier alpha value is -0.430. The SMILES string of the molecule is CNC[C@@H]1CCCN(S(=O)(=O)c2ccccc2Br)C1. The van der Waals surface area contributed by atoms with E-state index >= 15 is 0 Å². The summed E-state index contributed by atoms with van der Waals surface area (Å²) >= 11 is 3.33. The van der Waals surface area contributed by atoms with E-state index in [1.54, 1.807) is 22.5 Å². The van der Waals surface area contributed by atoms with Crippen LogP contribution in [0.3, 0.4) is 0 Å². The molecule has 0 saturated carbocycles. The van der Waals surface area contributed by atoms with Gasteiger partial charge < -0.3 is 5.32 Å². The molecule has 0 amide bonds. The first-order valence-corrected chi connectivity index (χ1v) is 8.68. The molecule has 1 aromatic rings. The van der Waals surface area contributed by atoms with Crippen LogP contribution in [0.15, 0.2) is 33.6 Å². The van der Waals surface area contributed by atoms with E-state index in [0.717, 1.165) is 19.4 Å². The molecule has 0 unspecified atom stereocenters. The van der Waals surface area contributed by atoms with Gasteiger partial charge in [-0.3, -0.25) is 0 Å². The van der Waals surface area contributed by atoms with Gasteiger partial charge >= 0.3 is 0 Å². The van der Waals surface area contributed by atoms with Gasteiger partial charge in [0.1, 0.15) is 0 Å². The average molecular weight is 347 g/mol. The quantitative estimate of drug-likeness (QED) is 0.907. The number of hydrogen-bond donors (Lipinski definition) is 1. The van der Waals surface area contributed by atoms with E-state index in [-0.39, 0.29) is 0 Å². The van der Waals surface area contributed by atoms with Gasteiger partial charge in [0.05, 0.1) is 4.90 Å². The van der Waals surface area contributed by atoms with Crippen molar-refractivity contribution in [3.8, 4) is 0 Å². The maximum absolute atomic E-state index is 12.6. The lowest BCUT2D eigenvalue weighted by atomic mass is 10.00. The molecule has 1 heterocycles. The molecule has 6 heteroatoms. The Bertz CT molecular complexity index is 531. The molecule has 1 N–H and O–H groups in total. The normalized spacial score (nSPS) is 21.5. The third-order valence-electron chi connectivity index (χ3n) is 3.43. The summed E-state index contributed by atoms with van der Waals surface area (Å²) in [5.74, 6) is 0.399. The minimum absolute atomic E-state index is 0.361. The predicted octanol–water partition coefficient (Wildman–Crippen LogP) is 2.07. The molecule has 1 aromatic carbocycles. The van der Waals surface area contributed by atoms with Crippen LogP contribution in [0.4, 0.5) is 0 Å². The number of hydrogen-bond acceptors (Lipinski definition) is 3. The first-order valence-electron chi connectivity index (χ1n) is 6.45. The molecular formula is C13H19BrN2O2S. The molecule has 1 aliphatic heterocycles. The third kappa shape index (κ3) is 3.37. The van der Waals surface area contributed by atoms with E-state index in [0.29, 0.717) is 28.4 Å². The monoisotopic (exact) mass is 346 g/mol. The minimum atomic E-state index is -3.39. The van der Waals surface area contributed by atoms with Crippen molar-refractivity contribution < 1.29 is 8.42 Å². The summed E-state index contributed by atoms with van der Waals surface area (Å²) < 4.78 is 27.5. The molecule has 4 nitrogen and oxygen atoms in total. The standard InChI is InChI=1S/C13H19BrN2O2S/c1-15-9-11-5-4-8-16(10-11)19(17,18)13-7-3-2-6-12(13)14/h2-3,6-7,11,15H,4-5,8-10H2,1H3/t11-/m0/s1. The molecule has 1 saturated heterocycles. The molecule has 0 radical (unpaired) electrons. The largest absolute Gasteiger partial charge is 0.319 e. The van der Waals surface area contributed by atoms with Crippen molar-refractivity contribution in [1.29, 1.82) is 0 Å². The Balaban J connectivity index is 2.22. The molecule has 19 heavy (non-hydrogen) atoms. The summed E-state index contributed by atoms with van der Waals surface area (Å²) in [7, 11) is -1.48. The second-order valence-corrected chi connectivity index (χ2v) is 7.62. The fourth-order valence-electron chi connectivity index (χ4n) is 2.49. The lowest BCUT2D eigenvalue weighted by Crippen LogP contribution is -2.42. The van der Waals surface area contributed by atoms with Crippen LogP contribution >= 0.6 is 15.9 Å². The lowest BCUT2D eigenvalue weighted by molar-refractivity contribution is 0.263. The molecule has 0 aliphatic carbocycles. The van der Waals surface area contributed by atoms with Crippen molar-refractivity contribution in [1.82, 2.24) is 9.62 Å². The topological polar surface area (TPSA) is 49.4 Å². The van der Waals surface area contributed by atoms with E-state index < -0.39 is 10.0 Å². The van der Waals surface area contributed by atoms with Gasteiger partial charge in [-0.1, -0.05) is 12.1 Å². The zero-order valence-corrected chi connectivity index (χ0v) is 13.4. The maximum Gasteiger partial charge on any atom is 0.244 e. The summed E-state index contributed by atoms with van der Waals surface area (Å²) in [5.41, 5.74) is 0. The average Bonchev–Trinajstić information content (AvgIpc) is 2.40. The van der Waals surface area contributed by atoms with Crippen LogP contribution in [-0.4, -0.2) is 39.4 Å². The van der Waals surface area contributed by atoms with Crippen LogP contribution in [0, 0.1) is 5.92 Å². The third-order valence-corrected chi connectivity index (χ3v) is 6.31. The Morgan fingerprint density at radius 1 is 1.42 bits per heavy atom. The van der Waals surface area contributed by atoms with Crippen molar-refractivity contribution in [3.63, 3.8) is 0 Å². The molecule has 0 bridgehead atoms. The minimum Gasteiger partial charge on any atom is -0.319 e. The number of sulfonamides is 1. The van der Waals surface area contributed by atoms with E-state index in [1.807, 2.05) is 13.1 Å². The summed E-state index contributed by atoms with van der Waals surface area (Å²) in [5, 5.41) is 3.13. The molecule has 1 fully saturated rings. The first kappa shape index (κ1) is 15.0. The second-order valence-electron chi connectivity index (χ2n) is 4.86. The van der Waals surface area contributed by atoms with Crippen LogP contribution in [0.5, 0.6) is 0 Å². The smallest absolute Gasteiger partial charge is 0.244 e. The number of benzene rings is 1. The van der Waals surface area contributed by atoms with Crippen LogP contribution in [0.25, 0.3) is 0 Å². The highest BCUT2D eigenvalue weighted by molar-refractivity contribution is 9.10. The van der Waals surface area contributed by atoms with Crippen molar-refractivity contribution >= 4 is 26.0 Å². The van der Waals surface area contributed by atoms with E-state index in [4.69, 9.17) is 0 Å². The molecule has 106 valence electrons. The van der Waals surface area contributed by atoms with Crippen molar-refractivity contribution in [2.45, 2.75) is 17.7 Å². The summed E-state index contributed by atoms with van der Waals surface area (Å²) in [6, 6.07) is 7.00. The van der Waals surface area contributed by atoms with Crippen LogP contribution in [0.2, 0.25) is 0 Å². The van der Waals surface area contributed by atoms with Crippen LogP contribution in [0.1, 0.15) is 12.8 Å². The molecule has 2 rings (SSSR count). The van der Waals surface area contributed by atoms with Crippen molar-refractivity contribution in [2.24, 2.45) is 5.92 Å². The number of nitrogens with zero attached hydrogens (tertiary/aromatic N) is 1. The Morgan fingerprint density at radius 3 is 2.84 bits per heavy atom. The summed E-state index contributed by atoms with van der Waals surface area (Å²) in [6.07, 6.45) is 2.01. The van der Waals surface area contributed by atoms with Gasteiger partial charge in [-0.25, -0.2) is 8.42 Å². The lowest BCUT2D eigenvalue weighted by Gasteiger charge is -2.32. The Labute approximate surface area is 123 Å². The van der Waals surface area contributed by atoms with E-state index in [2.05, 4.69) is 21.2 Å². The fraction of sp³-hybridized carbons (Fsp3) is 0.538. The molecular weight excluding hydrogens is 328 g/mol. The Morgan fingerprint density at radius 2 is 2.16 bits per heavy atom. The second kappa shape index (κ2) is 6.35. The zero-order chi connectivity index (χ0) is 13.9. The highest BCUT2D eigenvalue weighted by atomic mass is 79.9. The molecule has 0 spiro atoms. The zero-order valence-electron chi connectivity index (χ0n) is 11.0. The number of piperidine rings is 1. The number of rotatable bonds is 4. The maximum atomic E-state index is 12.6. The van der Waals surface area contributed by atoms with Gasteiger partial charge in [0, 0.05) is 17.6 Å². The first-order chi connectivity index (χ1) is 9.05. The Kier molecular flexibility index (Phi) is 5.00. The van der Waals surface area contributed by atoms with Gasteiger partial charge in [0.25, 0.3) is 0 Å². The van der Waals surface area contributed by atoms with Gasteiger partial charge in [0.2, 0.25) is 10.0 Å². The van der Waals surface area contributed by atoms with E-state index in [9.17, 15) is 8.42 Å². The van der Waals surface area contributed by atoms with Gasteiger partial charge in [-0.15, -0.1) is 0 Å². The van der Waals surface area contributed by atoms with Crippen molar-refractivity contribution in [3.05, 3.63) is 28.7 Å². The predicted molar refractivity (Wildman–Crippen MR) is 79.6 cm³/mol. The highest BCUT2D eigenvalue weighted by Crippen LogP contribution is 2.28. The number of nitrogens with one attached hydrogen (secondary N) is 1. The molecule has 1 atom stereocenters.